The van der Waals surface area contributed by atoms with Gasteiger partial charge in [-0.2, -0.15) is 0 Å². The van der Waals surface area contributed by atoms with E-state index in [2.05, 4.69) is 5.32 Å². The number of carbonyl (C=O) groups excluding carboxylic acids is 3. The minimum absolute atomic E-state index is 0.213. The van der Waals surface area contributed by atoms with Crippen LogP contribution in [0.4, 0.5) is 5.69 Å². The van der Waals surface area contributed by atoms with Crippen molar-refractivity contribution < 1.29 is 22.8 Å². The summed E-state index contributed by atoms with van der Waals surface area (Å²) < 4.78 is 26.3. The zero-order valence-corrected chi connectivity index (χ0v) is 21.7. The molecule has 0 unspecified atom stereocenters. The highest BCUT2D eigenvalue weighted by molar-refractivity contribution is 7.92. The molecule has 2 aromatic rings. The van der Waals surface area contributed by atoms with Crippen LogP contribution in [0.2, 0.25) is 0 Å². The van der Waals surface area contributed by atoms with Crippen LogP contribution in [0, 0.1) is 0 Å². The van der Waals surface area contributed by atoms with Crippen molar-refractivity contribution in [2.24, 2.45) is 0 Å². The summed E-state index contributed by atoms with van der Waals surface area (Å²) in [6, 6.07) is 15.0. The van der Waals surface area contributed by atoms with Crippen molar-refractivity contribution in [3.8, 4) is 0 Å². The van der Waals surface area contributed by atoms with Crippen molar-refractivity contribution in [2.75, 3.05) is 30.2 Å². The fourth-order valence-electron chi connectivity index (χ4n) is 3.76. The zero-order chi connectivity index (χ0) is 26.0. The third-order valence-corrected chi connectivity index (χ3v) is 6.78. The summed E-state index contributed by atoms with van der Waals surface area (Å²) in [5, 5.41) is 2.85. The molecule has 1 N–H and O–H groups in total. The second-order valence-corrected chi connectivity index (χ2v) is 10.3. The maximum absolute atomic E-state index is 13.6. The fourth-order valence-corrected chi connectivity index (χ4v) is 4.60. The van der Waals surface area contributed by atoms with E-state index < -0.39 is 28.5 Å². The summed E-state index contributed by atoms with van der Waals surface area (Å²) in [6.45, 7) is 5.42. The third kappa shape index (κ3) is 8.20. The Morgan fingerprint density at radius 1 is 1.00 bits per heavy atom. The van der Waals surface area contributed by atoms with Gasteiger partial charge in [-0.1, -0.05) is 56.3 Å². The summed E-state index contributed by atoms with van der Waals surface area (Å²) in [4.78, 5) is 39.7. The molecular formula is C26H35N3O5S. The van der Waals surface area contributed by atoms with E-state index in [1.54, 1.807) is 18.2 Å². The summed E-state index contributed by atoms with van der Waals surface area (Å²) >= 11 is 0. The Morgan fingerprint density at radius 3 is 2.26 bits per heavy atom. The van der Waals surface area contributed by atoms with Crippen molar-refractivity contribution in [1.29, 1.82) is 0 Å². The lowest BCUT2D eigenvalue weighted by molar-refractivity contribution is -0.139. The summed E-state index contributed by atoms with van der Waals surface area (Å²) in [5.74, 6) is -0.965. The normalized spacial score (nSPS) is 12.0. The Labute approximate surface area is 208 Å². The monoisotopic (exact) mass is 501 g/mol. The second-order valence-electron chi connectivity index (χ2n) is 8.41. The van der Waals surface area contributed by atoms with Gasteiger partial charge in [0.1, 0.15) is 12.6 Å². The van der Waals surface area contributed by atoms with E-state index in [1.165, 1.54) is 17.9 Å². The highest BCUT2D eigenvalue weighted by Crippen LogP contribution is 2.21. The number of benzene rings is 2. The molecule has 2 aromatic carbocycles. The molecule has 1 atom stereocenters. The van der Waals surface area contributed by atoms with Crippen LogP contribution in [0.15, 0.2) is 54.6 Å². The van der Waals surface area contributed by atoms with Gasteiger partial charge in [-0.3, -0.25) is 18.7 Å². The smallest absolute Gasteiger partial charge is 0.244 e. The van der Waals surface area contributed by atoms with E-state index in [4.69, 9.17) is 0 Å². The average molecular weight is 502 g/mol. The average Bonchev–Trinajstić information content (AvgIpc) is 2.83. The lowest BCUT2D eigenvalue weighted by Crippen LogP contribution is -2.53. The Kier molecular flexibility index (Phi) is 10.4. The number of ketones is 1. The van der Waals surface area contributed by atoms with Crippen molar-refractivity contribution >= 4 is 33.3 Å². The van der Waals surface area contributed by atoms with Crippen LogP contribution >= 0.6 is 0 Å². The number of carbonyl (C=O) groups is 3. The first-order chi connectivity index (χ1) is 16.6. The molecule has 2 rings (SSSR count). The molecule has 35 heavy (non-hydrogen) atoms. The van der Waals surface area contributed by atoms with E-state index >= 15 is 0 Å². The number of nitrogens with one attached hydrogen (secondary N) is 1. The summed E-state index contributed by atoms with van der Waals surface area (Å²) in [7, 11) is -3.85. The molecule has 0 aliphatic rings. The Hall–Kier alpha value is -3.20. The number of anilines is 1. The van der Waals surface area contributed by atoms with Gasteiger partial charge in [0.05, 0.1) is 11.9 Å². The van der Waals surface area contributed by atoms with Gasteiger partial charge in [0.25, 0.3) is 0 Å². The molecule has 0 bridgehead atoms. The molecule has 0 spiro atoms. The van der Waals surface area contributed by atoms with E-state index in [0.717, 1.165) is 22.5 Å². The minimum atomic E-state index is -3.85. The van der Waals surface area contributed by atoms with Crippen molar-refractivity contribution in [2.45, 2.75) is 46.1 Å². The standard InChI is InChI=1S/C26H35N3O5S/c1-5-16-27-26(32)24(6-2)28(17-15-21-11-8-7-9-12-21)25(31)19-29(35(4,33)34)23-14-10-13-22(18-23)20(3)30/h7-14,18,24H,5-6,15-17,19H2,1-4H3,(H,27,32)/t24-/m0/s1. The van der Waals surface area contributed by atoms with Crippen molar-refractivity contribution in [3.63, 3.8) is 0 Å². The molecule has 0 radical (unpaired) electrons. The van der Waals surface area contributed by atoms with Gasteiger partial charge in [-0.15, -0.1) is 0 Å². The highest BCUT2D eigenvalue weighted by Gasteiger charge is 2.31. The molecule has 8 nitrogen and oxygen atoms in total. The summed E-state index contributed by atoms with van der Waals surface area (Å²) in [6.07, 6.45) is 2.67. The van der Waals surface area contributed by atoms with Gasteiger partial charge in [-0.05, 0) is 43.9 Å². The predicted octanol–water partition coefficient (Wildman–Crippen LogP) is 3.03. The number of Topliss-reactive ketones (excluding diaryl/α,β-unsaturated/α-hetero) is 1. The van der Waals surface area contributed by atoms with Crippen molar-refractivity contribution in [1.82, 2.24) is 10.2 Å². The van der Waals surface area contributed by atoms with Crippen LogP contribution in [0.1, 0.15) is 49.5 Å². The first-order valence-corrected chi connectivity index (χ1v) is 13.6. The number of rotatable bonds is 13. The van der Waals surface area contributed by atoms with Crippen molar-refractivity contribution in [3.05, 3.63) is 65.7 Å². The maximum Gasteiger partial charge on any atom is 0.244 e. The molecule has 0 saturated heterocycles. The van der Waals surface area contributed by atoms with E-state index in [1.807, 2.05) is 44.2 Å². The lowest BCUT2D eigenvalue weighted by atomic mass is 10.1. The number of hydrogen-bond donors (Lipinski definition) is 1. The number of amides is 2. The second kappa shape index (κ2) is 13.0. The molecule has 0 saturated carbocycles. The predicted molar refractivity (Wildman–Crippen MR) is 138 cm³/mol. The molecule has 9 heteroatoms. The number of sulfonamides is 1. The van der Waals surface area contributed by atoms with Crippen LogP contribution in [0.25, 0.3) is 0 Å². The molecule has 0 fully saturated rings. The quantitative estimate of drug-likeness (QED) is 0.425. The zero-order valence-electron chi connectivity index (χ0n) is 20.9. The first-order valence-electron chi connectivity index (χ1n) is 11.8. The van der Waals surface area contributed by atoms with E-state index in [-0.39, 0.29) is 23.9 Å². The molecule has 0 aliphatic carbocycles. The minimum Gasteiger partial charge on any atom is -0.354 e. The Balaban J connectivity index is 2.38. The first kappa shape index (κ1) is 28.0. The third-order valence-electron chi connectivity index (χ3n) is 5.64. The molecular weight excluding hydrogens is 466 g/mol. The van der Waals surface area contributed by atoms with E-state index in [9.17, 15) is 22.8 Å². The number of hydrogen-bond acceptors (Lipinski definition) is 5. The van der Waals surface area contributed by atoms with Crippen LogP contribution in [-0.4, -0.2) is 62.8 Å². The lowest BCUT2D eigenvalue weighted by Gasteiger charge is -2.33. The summed E-state index contributed by atoms with van der Waals surface area (Å²) in [5.41, 5.74) is 1.57. The molecule has 0 heterocycles. The Morgan fingerprint density at radius 2 is 1.69 bits per heavy atom. The molecule has 2 amide bonds. The van der Waals surface area contributed by atoms with Gasteiger partial charge in [-0.25, -0.2) is 8.42 Å². The molecule has 0 aromatic heterocycles. The van der Waals surface area contributed by atoms with Gasteiger partial charge in [0.2, 0.25) is 21.8 Å². The topological polar surface area (TPSA) is 104 Å². The number of nitrogens with zero attached hydrogens (tertiary/aromatic N) is 2. The molecule has 190 valence electrons. The van der Waals surface area contributed by atoms with Crippen LogP contribution < -0.4 is 9.62 Å². The van der Waals surface area contributed by atoms with Crippen LogP contribution in [-0.2, 0) is 26.0 Å². The van der Waals surface area contributed by atoms with Gasteiger partial charge in [0.15, 0.2) is 5.78 Å². The highest BCUT2D eigenvalue weighted by atomic mass is 32.2. The fraction of sp³-hybridized carbons (Fsp3) is 0.423. The van der Waals surface area contributed by atoms with E-state index in [0.29, 0.717) is 24.9 Å². The molecule has 0 aliphatic heterocycles. The maximum atomic E-state index is 13.6. The largest absolute Gasteiger partial charge is 0.354 e. The Bertz CT molecular complexity index is 1120. The SMILES string of the molecule is CCCNC(=O)[C@H](CC)N(CCc1ccccc1)C(=O)CN(c1cccc(C(C)=O)c1)S(C)(=O)=O. The van der Waals surface area contributed by atoms with Crippen LogP contribution in [0.3, 0.4) is 0 Å². The van der Waals surface area contributed by atoms with Gasteiger partial charge in [0, 0.05) is 18.7 Å². The van der Waals surface area contributed by atoms with Crippen LogP contribution in [0.5, 0.6) is 0 Å². The van der Waals surface area contributed by atoms with Gasteiger partial charge < -0.3 is 10.2 Å². The van der Waals surface area contributed by atoms with Gasteiger partial charge >= 0.3 is 0 Å².